The summed E-state index contributed by atoms with van der Waals surface area (Å²) in [5, 5.41) is 10.7. The predicted molar refractivity (Wildman–Crippen MR) is 79.5 cm³/mol. The maximum atomic E-state index is 11.2. The molecular formula is C15H12ClNO6S. The van der Waals surface area contributed by atoms with Gasteiger partial charge >= 0.3 is 5.97 Å². The second kappa shape index (κ2) is 6.17. The Morgan fingerprint density at radius 3 is 2.50 bits per heavy atom. The first-order valence-corrected chi connectivity index (χ1v) is 9.10. The van der Waals surface area contributed by atoms with Gasteiger partial charge < -0.3 is 9.67 Å². The average molecular weight is 370 g/mol. The van der Waals surface area contributed by atoms with E-state index in [1.165, 1.54) is 6.08 Å². The molecule has 1 unspecified atom stereocenters. The molecule has 0 bridgehead atoms. The number of hydrogen-bond donors (Lipinski definition) is 1. The van der Waals surface area contributed by atoms with Gasteiger partial charge in [0.25, 0.3) is 0 Å². The van der Waals surface area contributed by atoms with Crippen LogP contribution in [0, 0.1) is 10.2 Å². The quantitative estimate of drug-likeness (QED) is 0.721. The largest absolute Gasteiger partial charge is 0.478 e. The van der Waals surface area contributed by atoms with E-state index in [9.17, 15) is 23.9 Å². The molecule has 0 aliphatic carbocycles. The van der Waals surface area contributed by atoms with Gasteiger partial charge in [-0.15, -0.1) is 0 Å². The standard InChI is InChI=1S/C15H12ClNO6S/c1-17-13(10-5-3-2-4-6-10)8-11-7-12(15(18)19)9-24(14(11)17)23-16(20,21)22/h2-9H,1H3,(H,18,19). The molecule has 0 amide bonds. The van der Waals surface area contributed by atoms with E-state index < -0.39 is 27.0 Å². The van der Waals surface area contributed by atoms with E-state index in [1.807, 2.05) is 30.3 Å². The molecule has 1 aromatic carbocycles. The first-order chi connectivity index (χ1) is 11.3. The average Bonchev–Trinajstić information content (AvgIpc) is 2.84. The van der Waals surface area contributed by atoms with Crippen molar-refractivity contribution in [2.75, 3.05) is 0 Å². The van der Waals surface area contributed by atoms with Crippen LogP contribution in [0.3, 0.4) is 0 Å². The number of carboxylic acid groups (broad SMARTS) is 1. The summed E-state index contributed by atoms with van der Waals surface area (Å²) in [5.41, 5.74) is 1.98. The minimum atomic E-state index is -4.70. The van der Waals surface area contributed by atoms with Crippen LogP contribution in [0.25, 0.3) is 17.3 Å². The highest BCUT2D eigenvalue weighted by molar-refractivity contribution is 8.11. The summed E-state index contributed by atoms with van der Waals surface area (Å²) in [4.78, 5) is 11.2. The van der Waals surface area contributed by atoms with E-state index in [0.29, 0.717) is 10.6 Å². The molecule has 24 heavy (non-hydrogen) atoms. The van der Waals surface area contributed by atoms with E-state index in [0.717, 1.165) is 16.6 Å². The molecule has 9 heteroatoms. The topological polar surface area (TPSA) is 121 Å². The summed E-state index contributed by atoms with van der Waals surface area (Å²) < 4.78 is 39.2. The molecule has 1 aliphatic rings. The van der Waals surface area contributed by atoms with Crippen molar-refractivity contribution in [1.29, 1.82) is 0 Å². The fourth-order valence-electron chi connectivity index (χ4n) is 2.47. The summed E-state index contributed by atoms with van der Waals surface area (Å²) in [6.45, 7) is 0. The number of fused-ring (bicyclic) bond motifs is 1. The molecule has 2 aromatic rings. The second-order valence-electron chi connectivity index (χ2n) is 4.98. The second-order valence-corrected chi connectivity index (χ2v) is 7.45. The van der Waals surface area contributed by atoms with Crippen LogP contribution in [-0.2, 0) is 15.6 Å². The Bertz CT molecular complexity index is 866. The lowest BCUT2D eigenvalue weighted by Crippen LogP contribution is -2.60. The number of halogens is 1. The molecule has 1 atom stereocenters. The Kier molecular flexibility index (Phi) is 4.35. The molecule has 0 saturated carbocycles. The van der Waals surface area contributed by atoms with Gasteiger partial charge in [0.15, 0.2) is 10.8 Å². The SMILES string of the molecule is Cn1c(-c2ccccc2)cc2c1S(O[Cl+3]([O-])([O-])[O-])=CC(C(=O)O)=C2. The van der Waals surface area contributed by atoms with Gasteiger partial charge in [-0.2, -0.15) is 14.0 Å². The molecule has 0 fully saturated rings. The zero-order chi connectivity index (χ0) is 17.5. The lowest BCUT2D eigenvalue weighted by Gasteiger charge is -2.17. The molecule has 3 rings (SSSR count). The van der Waals surface area contributed by atoms with E-state index in [4.69, 9.17) is 0 Å². The van der Waals surface area contributed by atoms with Crippen molar-refractivity contribution >= 4 is 28.2 Å². The smallest absolute Gasteiger partial charge is 0.336 e. The zero-order valence-electron chi connectivity index (χ0n) is 12.3. The zero-order valence-corrected chi connectivity index (χ0v) is 13.9. The first-order valence-electron chi connectivity index (χ1n) is 6.65. The van der Waals surface area contributed by atoms with Crippen LogP contribution in [0.1, 0.15) is 5.56 Å². The van der Waals surface area contributed by atoms with Crippen LogP contribution in [0.15, 0.2) is 47.0 Å². The lowest BCUT2D eigenvalue weighted by molar-refractivity contribution is -1.91. The highest BCUT2D eigenvalue weighted by atomic mass is 35.7. The highest BCUT2D eigenvalue weighted by Gasteiger charge is 2.31. The molecule has 2 heterocycles. The number of aliphatic carboxylic acids is 1. The maximum Gasteiger partial charge on any atom is 0.336 e. The highest BCUT2D eigenvalue weighted by Crippen LogP contribution is 2.41. The van der Waals surface area contributed by atoms with Crippen molar-refractivity contribution in [2.24, 2.45) is 7.05 Å². The minimum Gasteiger partial charge on any atom is -0.478 e. The maximum absolute atomic E-state index is 11.2. The normalized spacial score (nSPS) is 17.0. The Hall–Kier alpha value is -1.94. The van der Waals surface area contributed by atoms with Crippen LogP contribution in [-0.4, -0.2) is 21.0 Å². The van der Waals surface area contributed by atoms with Gasteiger partial charge in [-0.25, -0.2) is 4.79 Å². The Labute approximate surface area is 141 Å². The molecule has 0 spiro atoms. The number of hydrogen-bond acceptors (Lipinski definition) is 5. The Balaban J connectivity index is 2.18. The predicted octanol–water partition coefficient (Wildman–Crippen LogP) is -0.567. The summed E-state index contributed by atoms with van der Waals surface area (Å²) in [6, 6.07) is 11.0. The first kappa shape index (κ1) is 16.9. The van der Waals surface area contributed by atoms with E-state index in [-0.39, 0.29) is 5.57 Å². The third-order valence-corrected chi connectivity index (χ3v) is 5.92. The van der Waals surface area contributed by atoms with Crippen molar-refractivity contribution in [3.8, 4) is 11.3 Å². The molecule has 1 N–H and O–H groups in total. The Morgan fingerprint density at radius 1 is 1.25 bits per heavy atom. The molecule has 0 radical (unpaired) electrons. The van der Waals surface area contributed by atoms with Crippen LogP contribution >= 0.6 is 10.8 Å². The van der Waals surface area contributed by atoms with Crippen LogP contribution < -0.4 is 14.0 Å². The molecule has 0 saturated heterocycles. The summed E-state index contributed by atoms with van der Waals surface area (Å²) in [7, 11) is -4.63. The number of carbonyl (C=O) groups is 1. The number of nitrogens with zero attached hydrogens (tertiary/aromatic N) is 1. The molecular weight excluding hydrogens is 358 g/mol. The van der Waals surface area contributed by atoms with E-state index >= 15 is 0 Å². The van der Waals surface area contributed by atoms with Gasteiger partial charge in [-0.1, -0.05) is 30.3 Å². The molecule has 7 nitrogen and oxygen atoms in total. The minimum absolute atomic E-state index is 0.130. The van der Waals surface area contributed by atoms with Gasteiger partial charge in [0.2, 0.25) is 0 Å². The Morgan fingerprint density at radius 2 is 1.92 bits per heavy atom. The summed E-state index contributed by atoms with van der Waals surface area (Å²) >= 11 is 0. The lowest BCUT2D eigenvalue weighted by atomic mass is 10.1. The third-order valence-electron chi connectivity index (χ3n) is 3.40. The van der Waals surface area contributed by atoms with Crippen LogP contribution in [0.5, 0.6) is 0 Å². The van der Waals surface area contributed by atoms with E-state index in [2.05, 4.69) is 3.74 Å². The van der Waals surface area contributed by atoms with Gasteiger partial charge in [-0.3, -0.25) is 0 Å². The molecule has 126 valence electrons. The number of benzene rings is 1. The van der Waals surface area contributed by atoms with E-state index in [1.54, 1.807) is 17.7 Å². The summed E-state index contributed by atoms with van der Waals surface area (Å²) in [6.07, 6.45) is 1.42. The van der Waals surface area contributed by atoms with Crippen molar-refractivity contribution in [3.05, 3.63) is 47.5 Å². The fraction of sp³-hybridized carbons (Fsp3) is 0.0667. The molecule has 1 aliphatic heterocycles. The van der Waals surface area contributed by atoms with Gasteiger partial charge in [0, 0.05) is 23.7 Å². The molecule has 1 aromatic heterocycles. The van der Waals surface area contributed by atoms with Crippen molar-refractivity contribution in [1.82, 2.24) is 4.57 Å². The van der Waals surface area contributed by atoms with Gasteiger partial charge in [0.05, 0.1) is 15.8 Å². The monoisotopic (exact) mass is 369 g/mol. The van der Waals surface area contributed by atoms with Crippen molar-refractivity contribution in [2.45, 2.75) is 5.03 Å². The van der Waals surface area contributed by atoms with Crippen molar-refractivity contribution < 1.29 is 37.9 Å². The van der Waals surface area contributed by atoms with Crippen molar-refractivity contribution in [3.63, 3.8) is 0 Å². The number of carboxylic acids is 1. The van der Waals surface area contributed by atoms with Gasteiger partial charge in [0.1, 0.15) is 8.76 Å². The van der Waals surface area contributed by atoms with Crippen LogP contribution in [0.4, 0.5) is 0 Å². The van der Waals surface area contributed by atoms with Gasteiger partial charge in [-0.05, 0) is 17.7 Å². The summed E-state index contributed by atoms with van der Waals surface area (Å²) in [5.74, 6) is -1.23. The van der Waals surface area contributed by atoms with Crippen LogP contribution in [0.2, 0.25) is 0 Å². The number of rotatable bonds is 4. The third kappa shape index (κ3) is 3.29. The fourth-order valence-corrected chi connectivity index (χ4v) is 4.74. The number of aromatic nitrogens is 1.